The summed E-state index contributed by atoms with van der Waals surface area (Å²) < 4.78 is 24.3. The zero-order valence-electron chi connectivity index (χ0n) is 14.4. The second-order valence-corrected chi connectivity index (χ2v) is 11.0. The molecule has 1 unspecified atom stereocenters. The first-order chi connectivity index (χ1) is 12.4. The van der Waals surface area contributed by atoms with Gasteiger partial charge in [-0.3, -0.25) is 4.79 Å². The predicted molar refractivity (Wildman–Crippen MR) is 105 cm³/mol. The third-order valence-electron chi connectivity index (χ3n) is 5.35. The summed E-state index contributed by atoms with van der Waals surface area (Å²) in [4.78, 5) is 19.1. The molecule has 140 valence electrons. The minimum Gasteiger partial charge on any atom is -0.343 e. The highest BCUT2D eigenvalue weighted by atomic mass is 35.5. The fourth-order valence-corrected chi connectivity index (χ4v) is 7.02. The zero-order chi connectivity index (χ0) is 18.3. The molecule has 5 nitrogen and oxygen atoms in total. The Morgan fingerprint density at radius 3 is 2.73 bits per heavy atom. The van der Waals surface area contributed by atoms with Crippen molar-refractivity contribution in [2.45, 2.75) is 31.6 Å². The molecule has 0 N–H and O–H groups in total. The number of halogens is 1. The van der Waals surface area contributed by atoms with Crippen molar-refractivity contribution in [1.29, 1.82) is 0 Å². The Hall–Kier alpha value is -1.18. The average Bonchev–Trinajstić information content (AvgIpc) is 3.17. The van der Waals surface area contributed by atoms with Gasteiger partial charge in [0.2, 0.25) is 5.91 Å². The maximum atomic E-state index is 12.5. The van der Waals surface area contributed by atoms with Crippen LogP contribution in [0.15, 0.2) is 18.2 Å². The monoisotopic (exact) mass is 412 g/mol. The van der Waals surface area contributed by atoms with E-state index >= 15 is 0 Å². The van der Waals surface area contributed by atoms with Crippen molar-refractivity contribution in [3.05, 3.63) is 28.2 Å². The van der Waals surface area contributed by atoms with Gasteiger partial charge in [0.1, 0.15) is 0 Å². The van der Waals surface area contributed by atoms with E-state index in [4.69, 9.17) is 16.6 Å². The number of fused-ring (bicyclic) bond motifs is 1. The van der Waals surface area contributed by atoms with Crippen molar-refractivity contribution >= 4 is 48.9 Å². The summed E-state index contributed by atoms with van der Waals surface area (Å²) in [6.45, 7) is 1.44. The number of thiazole rings is 1. The molecule has 1 atom stereocenters. The summed E-state index contributed by atoms with van der Waals surface area (Å²) in [5.74, 6) is 0.876. The first-order valence-electron chi connectivity index (χ1n) is 8.94. The van der Waals surface area contributed by atoms with E-state index in [0.29, 0.717) is 23.8 Å². The molecule has 3 heterocycles. The lowest BCUT2D eigenvalue weighted by Crippen LogP contribution is -2.38. The highest BCUT2D eigenvalue weighted by Gasteiger charge is 2.32. The maximum Gasteiger partial charge on any atom is 0.222 e. The molecule has 1 amide bonds. The molecule has 1 aromatic heterocycles. The van der Waals surface area contributed by atoms with Gasteiger partial charge < -0.3 is 4.90 Å². The molecule has 2 aliphatic heterocycles. The van der Waals surface area contributed by atoms with E-state index < -0.39 is 9.84 Å². The van der Waals surface area contributed by atoms with E-state index in [9.17, 15) is 13.2 Å². The number of hydrogen-bond donors (Lipinski definition) is 0. The molecule has 0 bridgehead atoms. The number of aromatic nitrogens is 1. The van der Waals surface area contributed by atoms with E-state index in [2.05, 4.69) is 0 Å². The van der Waals surface area contributed by atoms with Gasteiger partial charge in [-0.25, -0.2) is 13.4 Å². The van der Waals surface area contributed by atoms with Crippen LogP contribution >= 0.6 is 22.9 Å². The van der Waals surface area contributed by atoms with E-state index in [-0.39, 0.29) is 23.3 Å². The predicted octanol–water partition coefficient (Wildman–Crippen LogP) is 3.48. The summed E-state index contributed by atoms with van der Waals surface area (Å²) in [5, 5.41) is 1.82. The number of rotatable bonds is 3. The number of hydrogen-bond acceptors (Lipinski definition) is 5. The fraction of sp³-hybridized carbons (Fsp3) is 0.556. The lowest BCUT2D eigenvalue weighted by Gasteiger charge is -2.31. The number of piperidine rings is 1. The van der Waals surface area contributed by atoms with Crippen LogP contribution in [0.1, 0.15) is 36.6 Å². The largest absolute Gasteiger partial charge is 0.343 e. The van der Waals surface area contributed by atoms with Crippen molar-refractivity contribution in [1.82, 2.24) is 9.88 Å². The maximum absolute atomic E-state index is 12.5. The summed E-state index contributed by atoms with van der Waals surface area (Å²) in [5.41, 5.74) is 0.943. The molecule has 4 rings (SSSR count). The first kappa shape index (κ1) is 18.2. The second-order valence-electron chi connectivity index (χ2n) is 7.29. The van der Waals surface area contributed by atoms with E-state index in [1.165, 1.54) is 0 Å². The lowest BCUT2D eigenvalue weighted by molar-refractivity contribution is -0.133. The highest BCUT2D eigenvalue weighted by molar-refractivity contribution is 7.91. The van der Waals surface area contributed by atoms with Gasteiger partial charge >= 0.3 is 0 Å². The third kappa shape index (κ3) is 3.89. The van der Waals surface area contributed by atoms with Crippen molar-refractivity contribution in [2.24, 2.45) is 5.92 Å². The van der Waals surface area contributed by atoms with Crippen molar-refractivity contribution in [2.75, 3.05) is 24.6 Å². The number of nitrogens with zero attached hydrogens (tertiary/aromatic N) is 2. The van der Waals surface area contributed by atoms with Gasteiger partial charge in [0.15, 0.2) is 9.84 Å². The van der Waals surface area contributed by atoms with Gasteiger partial charge in [0, 0.05) is 30.5 Å². The van der Waals surface area contributed by atoms with Crippen LogP contribution in [-0.4, -0.2) is 48.8 Å². The molecule has 0 aliphatic carbocycles. The molecular formula is C18H21ClN2O3S2. The molecule has 2 fully saturated rings. The van der Waals surface area contributed by atoms with Crippen LogP contribution in [0.4, 0.5) is 0 Å². The number of amides is 1. The van der Waals surface area contributed by atoms with Gasteiger partial charge in [-0.05, 0) is 43.4 Å². The summed E-state index contributed by atoms with van der Waals surface area (Å²) in [7, 11) is -2.92. The number of sulfone groups is 1. The Morgan fingerprint density at radius 2 is 2.04 bits per heavy atom. The Balaban J connectivity index is 1.35. The zero-order valence-corrected chi connectivity index (χ0v) is 16.7. The molecule has 8 heteroatoms. The average molecular weight is 413 g/mol. The number of likely N-dealkylation sites (tertiary alicyclic amines) is 1. The number of carbonyl (C=O) groups is 1. The van der Waals surface area contributed by atoms with E-state index in [1.54, 1.807) is 11.3 Å². The summed E-state index contributed by atoms with van der Waals surface area (Å²) in [6.07, 6.45) is 2.80. The van der Waals surface area contributed by atoms with Crippen molar-refractivity contribution < 1.29 is 13.2 Å². The summed E-state index contributed by atoms with van der Waals surface area (Å²) in [6, 6.07) is 5.79. The first-order valence-corrected chi connectivity index (χ1v) is 12.0. The van der Waals surface area contributed by atoms with E-state index in [0.717, 1.165) is 41.2 Å². The molecule has 2 aliphatic rings. The fourth-order valence-electron chi connectivity index (χ4n) is 3.88. The topological polar surface area (TPSA) is 67.3 Å². The van der Waals surface area contributed by atoms with Crippen LogP contribution in [0, 0.1) is 5.92 Å². The van der Waals surface area contributed by atoms with E-state index in [1.807, 2.05) is 23.1 Å². The Labute approximate surface area is 162 Å². The minimum atomic E-state index is -2.92. The van der Waals surface area contributed by atoms with Gasteiger partial charge in [0.25, 0.3) is 0 Å². The highest BCUT2D eigenvalue weighted by Crippen LogP contribution is 2.35. The van der Waals surface area contributed by atoms with Gasteiger partial charge in [-0.15, -0.1) is 11.3 Å². The van der Waals surface area contributed by atoms with Gasteiger partial charge in [-0.1, -0.05) is 11.6 Å². The molecule has 0 saturated carbocycles. The molecule has 26 heavy (non-hydrogen) atoms. The smallest absolute Gasteiger partial charge is 0.222 e. The Morgan fingerprint density at radius 1 is 1.27 bits per heavy atom. The SMILES string of the molecule is O=C(CC1CCS(=O)(=O)C1)N1CCC(c2nc3cc(Cl)ccc3s2)CC1. The number of carbonyl (C=O) groups excluding carboxylic acids is 1. The second kappa shape index (κ2) is 7.09. The standard InChI is InChI=1S/C18H21ClN2O3S2/c19-14-1-2-16-15(10-14)20-18(25-16)13-3-6-21(7-4-13)17(22)9-12-5-8-26(23,24)11-12/h1-2,10,12-13H,3-9,11H2. The number of benzene rings is 1. The van der Waals surface area contributed by atoms with Gasteiger partial charge in [0.05, 0.1) is 26.7 Å². The van der Waals surface area contributed by atoms with Crippen molar-refractivity contribution in [3.8, 4) is 0 Å². The molecule has 0 radical (unpaired) electrons. The van der Waals surface area contributed by atoms with Crippen LogP contribution in [0.25, 0.3) is 10.2 Å². The quantitative estimate of drug-likeness (QED) is 0.773. The molecule has 1 aromatic carbocycles. The van der Waals surface area contributed by atoms with Crippen LogP contribution in [0.3, 0.4) is 0 Å². The van der Waals surface area contributed by atoms with Crippen LogP contribution < -0.4 is 0 Å². The Bertz CT molecular complexity index is 933. The molecule has 2 aromatic rings. The minimum absolute atomic E-state index is 0.000709. The van der Waals surface area contributed by atoms with Crippen LogP contribution in [0.5, 0.6) is 0 Å². The third-order valence-corrected chi connectivity index (χ3v) is 8.62. The summed E-state index contributed by atoms with van der Waals surface area (Å²) >= 11 is 7.75. The molecule has 0 spiro atoms. The van der Waals surface area contributed by atoms with Gasteiger partial charge in [-0.2, -0.15) is 0 Å². The van der Waals surface area contributed by atoms with Crippen LogP contribution in [-0.2, 0) is 14.6 Å². The lowest BCUT2D eigenvalue weighted by atomic mass is 9.96. The molecule has 2 saturated heterocycles. The van der Waals surface area contributed by atoms with Crippen LogP contribution in [0.2, 0.25) is 5.02 Å². The molecular weight excluding hydrogens is 392 g/mol. The van der Waals surface area contributed by atoms with Crippen molar-refractivity contribution in [3.63, 3.8) is 0 Å². The Kier molecular flexibility index (Phi) is 4.96. The normalized spacial score (nSPS) is 23.6.